The van der Waals surface area contributed by atoms with Crippen molar-refractivity contribution < 1.29 is 19.4 Å². The van der Waals surface area contributed by atoms with Crippen molar-refractivity contribution in [1.82, 2.24) is 0 Å². The summed E-state index contributed by atoms with van der Waals surface area (Å²) in [6, 6.07) is 5.14. The van der Waals surface area contributed by atoms with Gasteiger partial charge in [0.2, 0.25) is 0 Å². The van der Waals surface area contributed by atoms with Crippen LogP contribution in [0.25, 0.3) is 6.08 Å². The van der Waals surface area contributed by atoms with E-state index in [1.807, 2.05) is 13.8 Å². The van der Waals surface area contributed by atoms with Crippen molar-refractivity contribution in [2.75, 3.05) is 13.7 Å². The number of aliphatic carboxylic acids is 1. The molecule has 110 valence electrons. The number of hydrogen-bond donors (Lipinski definition) is 1. The fourth-order valence-electron chi connectivity index (χ4n) is 1.41. The molecule has 0 heterocycles. The van der Waals surface area contributed by atoms with Crippen LogP contribution in [-0.4, -0.2) is 30.4 Å². The van der Waals surface area contributed by atoms with Crippen molar-refractivity contribution in [3.8, 4) is 5.75 Å². The third-order valence-electron chi connectivity index (χ3n) is 2.89. The molecule has 20 heavy (non-hydrogen) atoms. The number of carboxylic acid groups (broad SMARTS) is 1. The Kier molecular flexibility index (Phi) is 6.05. The highest BCUT2D eigenvalue weighted by Gasteiger charge is 2.16. The number of carboxylic acids is 1. The highest BCUT2D eigenvalue weighted by atomic mass is 35.5. The standard InChI is InChI=1S/C15H19ClO4/c1-15(2,19-3)8-9-20-13-6-4-11(10-12(13)16)5-7-14(17)18/h4-7,10H,8-9H2,1-3H3,(H,17,18)/b7-5+. The average Bonchev–Trinajstić information content (AvgIpc) is 2.38. The summed E-state index contributed by atoms with van der Waals surface area (Å²) in [6.45, 7) is 4.46. The Hall–Kier alpha value is -1.52. The Morgan fingerprint density at radius 3 is 2.70 bits per heavy atom. The minimum atomic E-state index is -0.997. The van der Waals surface area contributed by atoms with E-state index in [4.69, 9.17) is 26.2 Å². The SMILES string of the molecule is COC(C)(C)CCOc1ccc(/C=C/C(=O)O)cc1Cl. The van der Waals surface area contributed by atoms with E-state index in [1.165, 1.54) is 6.08 Å². The number of halogens is 1. The van der Waals surface area contributed by atoms with Gasteiger partial charge in [-0.15, -0.1) is 0 Å². The molecule has 0 saturated heterocycles. The monoisotopic (exact) mass is 298 g/mol. The Balaban J connectivity index is 2.62. The molecule has 0 amide bonds. The van der Waals surface area contributed by atoms with Gasteiger partial charge in [0, 0.05) is 19.6 Å². The molecule has 1 rings (SSSR count). The fraction of sp³-hybridized carbons (Fsp3) is 0.400. The van der Waals surface area contributed by atoms with E-state index in [0.29, 0.717) is 22.9 Å². The Bertz CT molecular complexity index is 495. The maximum atomic E-state index is 10.4. The van der Waals surface area contributed by atoms with Gasteiger partial charge in [-0.05, 0) is 37.6 Å². The van der Waals surface area contributed by atoms with Crippen molar-refractivity contribution in [1.29, 1.82) is 0 Å². The topological polar surface area (TPSA) is 55.8 Å². The van der Waals surface area contributed by atoms with Gasteiger partial charge in [-0.1, -0.05) is 17.7 Å². The number of ether oxygens (including phenoxy) is 2. The quantitative estimate of drug-likeness (QED) is 0.781. The number of rotatable bonds is 7. The van der Waals surface area contributed by atoms with Crippen LogP contribution in [0, 0.1) is 0 Å². The van der Waals surface area contributed by atoms with E-state index in [2.05, 4.69) is 0 Å². The molecule has 0 bridgehead atoms. The molecule has 1 aromatic carbocycles. The first kappa shape index (κ1) is 16.5. The van der Waals surface area contributed by atoms with E-state index in [-0.39, 0.29) is 5.60 Å². The van der Waals surface area contributed by atoms with Crippen molar-refractivity contribution in [3.63, 3.8) is 0 Å². The summed E-state index contributed by atoms with van der Waals surface area (Å²) in [5.74, 6) is -0.422. The third-order valence-corrected chi connectivity index (χ3v) is 3.18. The van der Waals surface area contributed by atoms with Crippen LogP contribution in [0.3, 0.4) is 0 Å². The highest BCUT2D eigenvalue weighted by molar-refractivity contribution is 6.32. The molecule has 0 aliphatic heterocycles. The summed E-state index contributed by atoms with van der Waals surface area (Å²) in [5.41, 5.74) is 0.471. The molecule has 4 nitrogen and oxygen atoms in total. The molecule has 0 aromatic heterocycles. The van der Waals surface area contributed by atoms with Crippen LogP contribution in [-0.2, 0) is 9.53 Å². The summed E-state index contributed by atoms with van der Waals surface area (Å²) in [7, 11) is 1.66. The fourth-order valence-corrected chi connectivity index (χ4v) is 1.66. The first-order valence-electron chi connectivity index (χ1n) is 6.22. The second-order valence-corrected chi connectivity index (χ2v) is 5.33. The number of carbonyl (C=O) groups is 1. The molecular weight excluding hydrogens is 280 g/mol. The molecule has 5 heteroatoms. The first-order chi connectivity index (χ1) is 9.34. The molecule has 1 N–H and O–H groups in total. The van der Waals surface area contributed by atoms with E-state index in [0.717, 1.165) is 12.5 Å². The van der Waals surface area contributed by atoms with Crippen LogP contribution in [0.1, 0.15) is 25.8 Å². The maximum Gasteiger partial charge on any atom is 0.328 e. The molecule has 0 unspecified atom stereocenters. The number of methoxy groups -OCH3 is 1. The summed E-state index contributed by atoms with van der Waals surface area (Å²) < 4.78 is 10.9. The molecule has 1 aromatic rings. The largest absolute Gasteiger partial charge is 0.492 e. The van der Waals surface area contributed by atoms with Gasteiger partial charge in [-0.2, -0.15) is 0 Å². The van der Waals surface area contributed by atoms with Crippen LogP contribution < -0.4 is 4.74 Å². The minimum Gasteiger partial charge on any atom is -0.492 e. The highest BCUT2D eigenvalue weighted by Crippen LogP contribution is 2.26. The van der Waals surface area contributed by atoms with Crippen molar-refractivity contribution in [2.45, 2.75) is 25.9 Å². The van der Waals surface area contributed by atoms with Gasteiger partial charge in [-0.25, -0.2) is 4.79 Å². The summed E-state index contributed by atoms with van der Waals surface area (Å²) in [4.78, 5) is 10.4. The van der Waals surface area contributed by atoms with Crippen LogP contribution in [0.5, 0.6) is 5.75 Å². The smallest absolute Gasteiger partial charge is 0.328 e. The van der Waals surface area contributed by atoms with Gasteiger partial charge in [0.1, 0.15) is 5.75 Å². The Morgan fingerprint density at radius 1 is 1.45 bits per heavy atom. The second-order valence-electron chi connectivity index (χ2n) is 4.92. The van der Waals surface area contributed by atoms with Crippen molar-refractivity contribution in [3.05, 3.63) is 34.9 Å². The van der Waals surface area contributed by atoms with Gasteiger partial charge in [-0.3, -0.25) is 0 Å². The lowest BCUT2D eigenvalue weighted by Crippen LogP contribution is -2.25. The van der Waals surface area contributed by atoms with Crippen LogP contribution in [0.2, 0.25) is 5.02 Å². The number of hydrogen-bond acceptors (Lipinski definition) is 3. The average molecular weight is 299 g/mol. The predicted molar refractivity (Wildman–Crippen MR) is 79.3 cm³/mol. The van der Waals surface area contributed by atoms with Crippen LogP contribution in [0.15, 0.2) is 24.3 Å². The lowest BCUT2D eigenvalue weighted by Gasteiger charge is -2.22. The van der Waals surface area contributed by atoms with E-state index >= 15 is 0 Å². The lowest BCUT2D eigenvalue weighted by atomic mass is 10.1. The van der Waals surface area contributed by atoms with Gasteiger partial charge >= 0.3 is 5.97 Å². The second kappa shape index (κ2) is 7.31. The summed E-state index contributed by atoms with van der Waals surface area (Å²) >= 11 is 6.09. The van der Waals surface area contributed by atoms with Gasteiger partial charge in [0.25, 0.3) is 0 Å². The van der Waals surface area contributed by atoms with Crippen LogP contribution >= 0.6 is 11.6 Å². The molecule has 0 saturated carbocycles. The van der Waals surface area contributed by atoms with Crippen molar-refractivity contribution >= 4 is 23.6 Å². The van der Waals surface area contributed by atoms with E-state index in [1.54, 1.807) is 25.3 Å². The molecule has 0 fully saturated rings. The van der Waals surface area contributed by atoms with Gasteiger partial charge in [0.15, 0.2) is 0 Å². The predicted octanol–water partition coefficient (Wildman–Crippen LogP) is 3.63. The summed E-state index contributed by atoms with van der Waals surface area (Å²) in [6.07, 6.45) is 3.28. The zero-order chi connectivity index (χ0) is 15.2. The molecule has 0 spiro atoms. The molecular formula is C15H19ClO4. The Morgan fingerprint density at radius 2 is 2.15 bits per heavy atom. The van der Waals surface area contributed by atoms with Crippen LogP contribution in [0.4, 0.5) is 0 Å². The molecule has 0 radical (unpaired) electrons. The lowest BCUT2D eigenvalue weighted by molar-refractivity contribution is -0.131. The molecule has 0 aliphatic carbocycles. The first-order valence-corrected chi connectivity index (χ1v) is 6.60. The van der Waals surface area contributed by atoms with Crippen molar-refractivity contribution in [2.24, 2.45) is 0 Å². The van der Waals surface area contributed by atoms with Gasteiger partial charge < -0.3 is 14.6 Å². The Labute approximate surface area is 124 Å². The zero-order valence-electron chi connectivity index (χ0n) is 11.9. The van der Waals surface area contributed by atoms with E-state index < -0.39 is 5.97 Å². The summed E-state index contributed by atoms with van der Waals surface area (Å²) in [5, 5.41) is 9.01. The zero-order valence-corrected chi connectivity index (χ0v) is 12.6. The van der Waals surface area contributed by atoms with E-state index in [9.17, 15) is 4.79 Å². The number of benzene rings is 1. The minimum absolute atomic E-state index is 0.239. The molecule has 0 aliphatic rings. The maximum absolute atomic E-state index is 10.4. The third kappa shape index (κ3) is 5.63. The normalized spacial score (nSPS) is 11.8. The molecule has 0 atom stereocenters. The van der Waals surface area contributed by atoms with Gasteiger partial charge in [0.05, 0.1) is 17.2 Å².